The molecule has 1 aromatic heterocycles. The van der Waals surface area contributed by atoms with Crippen molar-refractivity contribution in [3.8, 4) is 0 Å². The number of amidine groups is 1. The monoisotopic (exact) mass is 341 g/mol. The number of hydrogen-bond acceptors (Lipinski definition) is 2. The Bertz CT molecular complexity index is 983. The Hall–Kier alpha value is -3.07. The minimum absolute atomic E-state index is 0.382. The topological polar surface area (TPSA) is 49.1 Å². The SMILES string of the molecule is C/C=C\c1ccccc1C(C)=NC(=N)CCc1ccc2ccccc2n1. The first kappa shape index (κ1) is 17.7. The number of hydrogen-bond donors (Lipinski definition) is 1. The first-order valence-electron chi connectivity index (χ1n) is 8.87. The highest BCUT2D eigenvalue weighted by molar-refractivity contribution is 6.07. The van der Waals surface area contributed by atoms with Gasteiger partial charge in [0.05, 0.1) is 5.52 Å². The molecule has 0 aliphatic rings. The molecule has 3 nitrogen and oxygen atoms in total. The Morgan fingerprint density at radius 2 is 1.81 bits per heavy atom. The minimum atomic E-state index is 0.382. The zero-order valence-corrected chi connectivity index (χ0v) is 15.2. The Morgan fingerprint density at radius 1 is 1.04 bits per heavy atom. The maximum Gasteiger partial charge on any atom is 0.121 e. The predicted octanol–water partition coefficient (Wildman–Crippen LogP) is 5.69. The number of benzene rings is 2. The van der Waals surface area contributed by atoms with Crippen LogP contribution >= 0.6 is 0 Å². The molecule has 2 aromatic carbocycles. The van der Waals surface area contributed by atoms with E-state index in [1.165, 1.54) is 0 Å². The molecule has 0 fully saturated rings. The second-order valence-corrected chi connectivity index (χ2v) is 6.23. The standard InChI is InChI=1S/C23H23N3/c1-3-8-18-9-4-6-11-21(18)17(2)25-23(24)16-15-20-14-13-19-10-5-7-12-22(19)26-20/h3-14,24H,15-16H2,1-2H3/b8-3-,24-23?,25-17?. The molecule has 3 aromatic rings. The van der Waals surface area contributed by atoms with E-state index in [-0.39, 0.29) is 0 Å². The lowest BCUT2D eigenvalue weighted by molar-refractivity contribution is 0.969. The van der Waals surface area contributed by atoms with E-state index in [2.05, 4.69) is 34.3 Å². The van der Waals surface area contributed by atoms with Crippen molar-refractivity contribution in [3.63, 3.8) is 0 Å². The van der Waals surface area contributed by atoms with Crippen LogP contribution in [0.25, 0.3) is 17.0 Å². The van der Waals surface area contributed by atoms with Crippen molar-refractivity contribution in [2.24, 2.45) is 4.99 Å². The van der Waals surface area contributed by atoms with Crippen LogP contribution in [0.15, 0.2) is 71.7 Å². The Morgan fingerprint density at radius 3 is 2.65 bits per heavy atom. The zero-order chi connectivity index (χ0) is 18.4. The van der Waals surface area contributed by atoms with Gasteiger partial charge in [-0.2, -0.15) is 0 Å². The zero-order valence-electron chi connectivity index (χ0n) is 15.2. The smallest absolute Gasteiger partial charge is 0.121 e. The summed E-state index contributed by atoms with van der Waals surface area (Å²) in [6.45, 7) is 3.97. The van der Waals surface area contributed by atoms with Gasteiger partial charge < -0.3 is 0 Å². The lowest BCUT2D eigenvalue weighted by Crippen LogP contribution is -2.04. The van der Waals surface area contributed by atoms with Crippen molar-refractivity contribution < 1.29 is 0 Å². The molecule has 0 unspecified atom stereocenters. The molecule has 3 rings (SSSR count). The van der Waals surface area contributed by atoms with Crippen LogP contribution in [0.5, 0.6) is 0 Å². The number of nitrogens with zero attached hydrogens (tertiary/aromatic N) is 2. The fraction of sp³-hybridized carbons (Fsp3) is 0.174. The van der Waals surface area contributed by atoms with Gasteiger partial charge in [-0.25, -0.2) is 4.99 Å². The van der Waals surface area contributed by atoms with E-state index in [1.54, 1.807) is 0 Å². The lowest BCUT2D eigenvalue weighted by Gasteiger charge is -2.07. The van der Waals surface area contributed by atoms with E-state index in [0.717, 1.165) is 39.9 Å². The van der Waals surface area contributed by atoms with Gasteiger partial charge in [0.1, 0.15) is 5.84 Å². The summed E-state index contributed by atoms with van der Waals surface area (Å²) in [7, 11) is 0. The van der Waals surface area contributed by atoms with Gasteiger partial charge in [0, 0.05) is 28.8 Å². The first-order chi connectivity index (χ1) is 12.7. The van der Waals surface area contributed by atoms with E-state index < -0.39 is 0 Å². The third kappa shape index (κ3) is 4.31. The van der Waals surface area contributed by atoms with Gasteiger partial charge in [-0.15, -0.1) is 0 Å². The van der Waals surface area contributed by atoms with E-state index in [4.69, 9.17) is 5.41 Å². The number of fused-ring (bicyclic) bond motifs is 1. The number of aryl methyl sites for hydroxylation is 1. The average molecular weight is 341 g/mol. The summed E-state index contributed by atoms with van der Waals surface area (Å²) in [5, 5.41) is 9.36. The highest BCUT2D eigenvalue weighted by atomic mass is 14.8. The number of allylic oxidation sites excluding steroid dienone is 1. The van der Waals surface area contributed by atoms with Crippen LogP contribution in [0.4, 0.5) is 0 Å². The van der Waals surface area contributed by atoms with Crippen molar-refractivity contribution >= 4 is 28.5 Å². The van der Waals surface area contributed by atoms with Crippen LogP contribution in [0.1, 0.15) is 37.1 Å². The van der Waals surface area contributed by atoms with Crippen molar-refractivity contribution in [2.75, 3.05) is 0 Å². The quantitative estimate of drug-likeness (QED) is 0.470. The largest absolute Gasteiger partial charge is 0.287 e. The average Bonchev–Trinajstić information content (AvgIpc) is 2.67. The van der Waals surface area contributed by atoms with Gasteiger partial charge in [0.2, 0.25) is 0 Å². The van der Waals surface area contributed by atoms with E-state index in [9.17, 15) is 0 Å². The summed E-state index contributed by atoms with van der Waals surface area (Å²) < 4.78 is 0. The summed E-state index contributed by atoms with van der Waals surface area (Å²) in [6.07, 6.45) is 5.38. The van der Waals surface area contributed by atoms with Gasteiger partial charge in [0.15, 0.2) is 0 Å². The van der Waals surface area contributed by atoms with Gasteiger partial charge >= 0.3 is 0 Å². The number of rotatable bonds is 5. The third-order valence-electron chi connectivity index (χ3n) is 4.27. The minimum Gasteiger partial charge on any atom is -0.287 e. The first-order valence-corrected chi connectivity index (χ1v) is 8.87. The van der Waals surface area contributed by atoms with Crippen molar-refractivity contribution in [1.29, 1.82) is 5.41 Å². The highest BCUT2D eigenvalue weighted by Gasteiger charge is 2.05. The summed E-state index contributed by atoms with van der Waals surface area (Å²) in [5.74, 6) is 0.382. The fourth-order valence-corrected chi connectivity index (χ4v) is 2.96. The van der Waals surface area contributed by atoms with Gasteiger partial charge in [-0.1, -0.05) is 60.7 Å². The number of pyridine rings is 1. The predicted molar refractivity (Wildman–Crippen MR) is 111 cm³/mol. The normalized spacial score (nSPS) is 12.0. The number of aromatic nitrogens is 1. The maximum atomic E-state index is 8.22. The molecular formula is C23H23N3. The summed E-state index contributed by atoms with van der Waals surface area (Å²) >= 11 is 0. The number of para-hydroxylation sites is 1. The third-order valence-corrected chi connectivity index (χ3v) is 4.27. The van der Waals surface area contributed by atoms with Gasteiger partial charge in [-0.05, 0) is 38.0 Å². The second kappa shape index (κ2) is 8.34. The summed E-state index contributed by atoms with van der Waals surface area (Å²) in [4.78, 5) is 9.17. The Balaban J connectivity index is 1.70. The van der Waals surface area contributed by atoms with Crippen molar-refractivity contribution in [2.45, 2.75) is 26.7 Å². The van der Waals surface area contributed by atoms with E-state index in [1.807, 2.05) is 62.4 Å². The number of nitrogens with one attached hydrogen (secondary N) is 1. The van der Waals surface area contributed by atoms with Crippen LogP contribution in [-0.2, 0) is 6.42 Å². The van der Waals surface area contributed by atoms with Crippen molar-refractivity contribution in [3.05, 3.63) is 83.6 Å². The molecule has 0 bridgehead atoms. The molecule has 0 saturated heterocycles. The van der Waals surface area contributed by atoms with Crippen LogP contribution in [0, 0.1) is 5.41 Å². The molecule has 130 valence electrons. The highest BCUT2D eigenvalue weighted by Crippen LogP contribution is 2.14. The van der Waals surface area contributed by atoms with Crippen LogP contribution in [0.2, 0.25) is 0 Å². The van der Waals surface area contributed by atoms with Crippen LogP contribution in [-0.4, -0.2) is 16.5 Å². The molecule has 0 amide bonds. The van der Waals surface area contributed by atoms with E-state index in [0.29, 0.717) is 12.3 Å². The van der Waals surface area contributed by atoms with Crippen molar-refractivity contribution in [1.82, 2.24) is 4.98 Å². The fourth-order valence-electron chi connectivity index (χ4n) is 2.96. The Labute approximate surface area is 154 Å². The molecule has 26 heavy (non-hydrogen) atoms. The molecule has 0 spiro atoms. The van der Waals surface area contributed by atoms with E-state index >= 15 is 0 Å². The lowest BCUT2D eigenvalue weighted by atomic mass is 10.0. The molecule has 3 heteroatoms. The molecular weight excluding hydrogens is 318 g/mol. The van der Waals surface area contributed by atoms with Gasteiger partial charge in [0.25, 0.3) is 0 Å². The molecule has 0 atom stereocenters. The molecule has 1 heterocycles. The van der Waals surface area contributed by atoms with Crippen LogP contribution in [0.3, 0.4) is 0 Å². The molecule has 0 radical (unpaired) electrons. The Kier molecular flexibility index (Phi) is 5.69. The van der Waals surface area contributed by atoms with Gasteiger partial charge in [-0.3, -0.25) is 10.4 Å². The molecule has 0 aliphatic heterocycles. The number of aliphatic imine (C=N–C) groups is 1. The molecule has 0 saturated carbocycles. The maximum absolute atomic E-state index is 8.22. The molecule has 1 N–H and O–H groups in total. The van der Waals surface area contributed by atoms with Crippen LogP contribution < -0.4 is 0 Å². The summed E-state index contributed by atoms with van der Waals surface area (Å²) in [5.41, 5.74) is 5.06. The molecule has 0 aliphatic carbocycles. The summed E-state index contributed by atoms with van der Waals surface area (Å²) in [6, 6.07) is 20.3. The second-order valence-electron chi connectivity index (χ2n) is 6.23.